The smallest absolute Gasteiger partial charge is 0.270 e. The van der Waals surface area contributed by atoms with Crippen molar-refractivity contribution in [3.63, 3.8) is 0 Å². The van der Waals surface area contributed by atoms with Gasteiger partial charge in [0.15, 0.2) is 5.78 Å². The van der Waals surface area contributed by atoms with Crippen molar-refractivity contribution in [1.29, 1.82) is 0 Å². The molecule has 0 aliphatic rings. The fourth-order valence-corrected chi connectivity index (χ4v) is 1.43. The van der Waals surface area contributed by atoms with Crippen LogP contribution in [-0.4, -0.2) is 10.7 Å². The molecular weight excluding hydrogens is 218 g/mol. The van der Waals surface area contributed by atoms with Crippen molar-refractivity contribution in [2.24, 2.45) is 5.41 Å². The van der Waals surface area contributed by atoms with Gasteiger partial charge in [0.05, 0.1) is 4.92 Å². The summed E-state index contributed by atoms with van der Waals surface area (Å²) in [5, 5.41) is 10.6. The van der Waals surface area contributed by atoms with E-state index in [1.807, 2.05) is 0 Å². The highest BCUT2D eigenvalue weighted by molar-refractivity contribution is 5.96. The quantitative estimate of drug-likeness (QED) is 0.455. The molecule has 1 aromatic carbocycles. The number of hydrogen-bond acceptors (Lipinski definition) is 3. The Balaban J connectivity index is 2.76. The summed E-state index contributed by atoms with van der Waals surface area (Å²) in [6.07, 6.45) is 1.19. The molecule has 92 valence electrons. The Bertz CT molecular complexity index is 433. The van der Waals surface area contributed by atoms with Crippen molar-refractivity contribution in [3.8, 4) is 0 Å². The van der Waals surface area contributed by atoms with Crippen LogP contribution in [0.3, 0.4) is 0 Å². The molecule has 4 heteroatoms. The first kappa shape index (κ1) is 13.4. The van der Waals surface area contributed by atoms with Gasteiger partial charge in [-0.3, -0.25) is 14.9 Å². The Morgan fingerprint density at radius 3 is 2.53 bits per heavy atom. The van der Waals surface area contributed by atoms with Crippen LogP contribution in [0, 0.1) is 15.5 Å². The van der Waals surface area contributed by atoms with Gasteiger partial charge in [-0.05, 0) is 11.8 Å². The lowest BCUT2D eigenvalue weighted by Gasteiger charge is -2.16. The van der Waals surface area contributed by atoms with Crippen LogP contribution in [0.25, 0.3) is 0 Å². The minimum absolute atomic E-state index is 0.0355. The van der Waals surface area contributed by atoms with Gasteiger partial charge in [0, 0.05) is 24.1 Å². The van der Waals surface area contributed by atoms with E-state index in [2.05, 4.69) is 20.8 Å². The van der Waals surface area contributed by atoms with Crippen molar-refractivity contribution < 1.29 is 9.72 Å². The van der Waals surface area contributed by atoms with Gasteiger partial charge in [-0.15, -0.1) is 0 Å². The van der Waals surface area contributed by atoms with Gasteiger partial charge in [0.2, 0.25) is 0 Å². The van der Waals surface area contributed by atoms with E-state index in [-0.39, 0.29) is 16.9 Å². The molecule has 0 saturated heterocycles. The Morgan fingerprint density at radius 2 is 2.00 bits per heavy atom. The van der Waals surface area contributed by atoms with E-state index < -0.39 is 4.92 Å². The van der Waals surface area contributed by atoms with Gasteiger partial charge in [-0.1, -0.05) is 32.9 Å². The minimum Gasteiger partial charge on any atom is -0.294 e. The summed E-state index contributed by atoms with van der Waals surface area (Å²) in [5.41, 5.74) is 0.478. The second-order valence-corrected chi connectivity index (χ2v) is 5.29. The van der Waals surface area contributed by atoms with Crippen LogP contribution in [0.2, 0.25) is 0 Å². The molecule has 0 aromatic heterocycles. The Morgan fingerprint density at radius 1 is 1.35 bits per heavy atom. The van der Waals surface area contributed by atoms with Crippen molar-refractivity contribution in [1.82, 2.24) is 0 Å². The molecule has 0 unspecified atom stereocenters. The molecule has 0 N–H and O–H groups in total. The molecule has 0 amide bonds. The zero-order valence-corrected chi connectivity index (χ0v) is 10.4. The van der Waals surface area contributed by atoms with Gasteiger partial charge in [-0.25, -0.2) is 0 Å². The first-order valence-corrected chi connectivity index (χ1v) is 5.57. The SMILES string of the molecule is CC(C)(C)CCC(=O)c1cccc([N+](=O)[O-])c1. The van der Waals surface area contributed by atoms with Crippen LogP contribution >= 0.6 is 0 Å². The Labute approximate surface area is 101 Å². The number of carbonyl (C=O) groups is 1. The number of non-ortho nitro benzene ring substituents is 1. The third-order valence-corrected chi connectivity index (χ3v) is 2.48. The van der Waals surface area contributed by atoms with E-state index >= 15 is 0 Å². The van der Waals surface area contributed by atoms with Crippen LogP contribution in [0.1, 0.15) is 44.0 Å². The number of nitro benzene ring substituents is 1. The predicted octanol–water partition coefficient (Wildman–Crippen LogP) is 3.60. The summed E-state index contributed by atoms with van der Waals surface area (Å²) in [4.78, 5) is 21.9. The number of Topliss-reactive ketones (excluding diaryl/α,β-unsaturated/α-hetero) is 1. The molecule has 0 atom stereocenters. The summed E-state index contributed by atoms with van der Waals surface area (Å²) in [6.45, 7) is 6.19. The van der Waals surface area contributed by atoms with E-state index in [1.165, 1.54) is 12.1 Å². The number of rotatable bonds is 4. The Hall–Kier alpha value is -1.71. The molecule has 17 heavy (non-hydrogen) atoms. The van der Waals surface area contributed by atoms with Crippen LogP contribution in [0.4, 0.5) is 5.69 Å². The molecule has 1 aromatic rings. The molecule has 0 aliphatic heterocycles. The fraction of sp³-hybridized carbons (Fsp3) is 0.462. The van der Waals surface area contributed by atoms with Crippen molar-refractivity contribution in [2.75, 3.05) is 0 Å². The minimum atomic E-state index is -0.486. The molecule has 0 bridgehead atoms. The lowest BCUT2D eigenvalue weighted by atomic mass is 9.88. The van der Waals surface area contributed by atoms with E-state index in [0.717, 1.165) is 6.42 Å². The average Bonchev–Trinajstić information content (AvgIpc) is 2.25. The maximum atomic E-state index is 11.8. The van der Waals surface area contributed by atoms with Crippen molar-refractivity contribution >= 4 is 11.5 Å². The highest BCUT2D eigenvalue weighted by atomic mass is 16.6. The number of nitrogens with zero attached hydrogens (tertiary/aromatic N) is 1. The summed E-state index contributed by atoms with van der Waals surface area (Å²) in [6, 6.07) is 5.89. The van der Waals surface area contributed by atoms with Crippen molar-refractivity contribution in [3.05, 3.63) is 39.9 Å². The standard InChI is InChI=1S/C13H17NO3/c1-13(2,3)8-7-12(15)10-5-4-6-11(9-10)14(16)17/h4-6,9H,7-8H2,1-3H3. The zero-order chi connectivity index (χ0) is 13.1. The van der Waals surface area contributed by atoms with E-state index in [1.54, 1.807) is 12.1 Å². The van der Waals surface area contributed by atoms with Gasteiger partial charge < -0.3 is 0 Å². The van der Waals surface area contributed by atoms with Gasteiger partial charge in [0.1, 0.15) is 0 Å². The third-order valence-electron chi connectivity index (χ3n) is 2.48. The Kier molecular flexibility index (Phi) is 3.99. The number of carbonyl (C=O) groups excluding carboxylic acids is 1. The van der Waals surface area contributed by atoms with Gasteiger partial charge in [-0.2, -0.15) is 0 Å². The monoisotopic (exact) mass is 235 g/mol. The topological polar surface area (TPSA) is 60.2 Å². The van der Waals surface area contributed by atoms with Crippen LogP contribution in [0.5, 0.6) is 0 Å². The summed E-state index contributed by atoms with van der Waals surface area (Å²) in [7, 11) is 0. The fourth-order valence-electron chi connectivity index (χ4n) is 1.43. The van der Waals surface area contributed by atoms with E-state index in [9.17, 15) is 14.9 Å². The largest absolute Gasteiger partial charge is 0.294 e. The predicted molar refractivity (Wildman–Crippen MR) is 66.1 cm³/mol. The summed E-state index contributed by atoms with van der Waals surface area (Å²) < 4.78 is 0. The molecule has 4 nitrogen and oxygen atoms in total. The first-order valence-electron chi connectivity index (χ1n) is 5.57. The molecule has 0 radical (unpaired) electrons. The molecule has 0 heterocycles. The molecular formula is C13H17NO3. The van der Waals surface area contributed by atoms with Crippen molar-refractivity contribution in [2.45, 2.75) is 33.6 Å². The third kappa shape index (κ3) is 4.34. The van der Waals surface area contributed by atoms with Crippen LogP contribution < -0.4 is 0 Å². The normalized spacial score (nSPS) is 11.2. The number of ketones is 1. The number of nitro groups is 1. The number of hydrogen-bond donors (Lipinski definition) is 0. The van der Waals surface area contributed by atoms with Gasteiger partial charge in [0.25, 0.3) is 5.69 Å². The van der Waals surface area contributed by atoms with Crippen LogP contribution in [-0.2, 0) is 0 Å². The van der Waals surface area contributed by atoms with Crippen LogP contribution in [0.15, 0.2) is 24.3 Å². The average molecular weight is 235 g/mol. The van der Waals surface area contributed by atoms with Gasteiger partial charge >= 0.3 is 0 Å². The molecule has 0 saturated carbocycles. The highest BCUT2D eigenvalue weighted by Gasteiger charge is 2.15. The van der Waals surface area contributed by atoms with E-state index in [0.29, 0.717) is 12.0 Å². The summed E-state index contributed by atoms with van der Waals surface area (Å²) in [5.74, 6) is -0.0383. The molecule has 0 spiro atoms. The maximum Gasteiger partial charge on any atom is 0.270 e. The second kappa shape index (κ2) is 5.08. The lowest BCUT2D eigenvalue weighted by Crippen LogP contribution is -2.09. The molecule has 0 aliphatic carbocycles. The second-order valence-electron chi connectivity index (χ2n) is 5.29. The maximum absolute atomic E-state index is 11.8. The highest BCUT2D eigenvalue weighted by Crippen LogP contribution is 2.23. The lowest BCUT2D eigenvalue weighted by molar-refractivity contribution is -0.384. The zero-order valence-electron chi connectivity index (χ0n) is 10.4. The first-order chi connectivity index (χ1) is 7.79. The molecule has 1 rings (SSSR count). The summed E-state index contributed by atoms with van der Waals surface area (Å²) >= 11 is 0. The van der Waals surface area contributed by atoms with E-state index in [4.69, 9.17) is 0 Å². The molecule has 0 fully saturated rings. The number of benzene rings is 1.